The predicted molar refractivity (Wildman–Crippen MR) is 140 cm³/mol. The number of amides is 2. The van der Waals surface area contributed by atoms with Gasteiger partial charge in [0, 0.05) is 45.0 Å². The first-order valence-corrected chi connectivity index (χ1v) is 13.0. The Morgan fingerprint density at radius 1 is 1.22 bits per heavy atom. The van der Waals surface area contributed by atoms with Crippen molar-refractivity contribution in [2.75, 3.05) is 26.7 Å². The molecule has 2 heterocycles. The number of halogens is 2. The van der Waals surface area contributed by atoms with Crippen molar-refractivity contribution in [3.05, 3.63) is 67.6 Å². The minimum atomic E-state index is -0.493. The van der Waals surface area contributed by atoms with Crippen molar-refractivity contribution in [1.82, 2.24) is 20.1 Å². The van der Waals surface area contributed by atoms with E-state index in [0.29, 0.717) is 36.1 Å². The van der Waals surface area contributed by atoms with Crippen LogP contribution < -0.4 is 16.2 Å². The number of hydrogen-bond donors (Lipinski definition) is 2. The molecule has 1 saturated carbocycles. The van der Waals surface area contributed by atoms with Gasteiger partial charge in [0.05, 0.1) is 23.1 Å². The summed E-state index contributed by atoms with van der Waals surface area (Å²) in [6.45, 7) is 2.12. The molecule has 2 amide bonds. The molecule has 8 nitrogen and oxygen atoms in total. The number of benzene rings is 1. The Morgan fingerprint density at radius 3 is 2.69 bits per heavy atom. The largest absolute Gasteiger partial charge is 0.453 e. The number of nitrogens with zero attached hydrogens (tertiary/aromatic N) is 2. The number of aromatic nitrogens is 1. The number of ether oxygens (including phenoxy) is 1. The monoisotopic (exact) mass is 534 g/mol. The highest BCUT2D eigenvalue weighted by Crippen LogP contribution is 2.37. The average molecular weight is 535 g/mol. The highest BCUT2D eigenvalue weighted by atomic mass is 35.5. The minimum absolute atomic E-state index is 0.0244. The minimum Gasteiger partial charge on any atom is -0.453 e. The lowest BCUT2D eigenvalue weighted by molar-refractivity contribution is -0.138. The van der Waals surface area contributed by atoms with Crippen LogP contribution in [0.1, 0.15) is 41.9 Å². The highest BCUT2D eigenvalue weighted by Gasteiger charge is 2.40. The number of alkyl carbamates (subject to hydrolysis) is 1. The van der Waals surface area contributed by atoms with Crippen LogP contribution in [0.3, 0.4) is 0 Å². The van der Waals surface area contributed by atoms with E-state index in [1.165, 1.54) is 11.7 Å². The Bertz CT molecular complexity index is 1180. The summed E-state index contributed by atoms with van der Waals surface area (Å²) in [6.07, 6.45) is 4.52. The van der Waals surface area contributed by atoms with Crippen LogP contribution in [0.4, 0.5) is 4.79 Å². The van der Waals surface area contributed by atoms with Gasteiger partial charge in [-0.3, -0.25) is 9.59 Å². The van der Waals surface area contributed by atoms with Crippen LogP contribution in [0.25, 0.3) is 0 Å². The van der Waals surface area contributed by atoms with E-state index in [1.807, 2.05) is 17.0 Å². The molecule has 1 aromatic carbocycles. The van der Waals surface area contributed by atoms with E-state index in [1.54, 1.807) is 25.4 Å². The molecule has 2 aliphatic rings. The number of carbonyl (C=O) groups excluding carboxylic acids is 2. The van der Waals surface area contributed by atoms with Gasteiger partial charge in [-0.05, 0) is 67.0 Å². The van der Waals surface area contributed by atoms with Crippen LogP contribution >= 0.6 is 23.2 Å². The zero-order chi connectivity index (χ0) is 25.8. The molecule has 1 aliphatic carbocycles. The van der Waals surface area contributed by atoms with Crippen LogP contribution in [0.15, 0.2) is 35.3 Å². The van der Waals surface area contributed by atoms with Crippen LogP contribution in [-0.2, 0) is 29.5 Å². The van der Waals surface area contributed by atoms with Gasteiger partial charge in [0.1, 0.15) is 0 Å². The SMILES string of the molecule is COC(=O)NCCc1cc(Cl)c(Cl)c(CN(C(=O)C2CNCC[C@@H]2c2ccn(C)c(=O)c2)C2CC2)c1. The molecule has 1 aliphatic heterocycles. The number of methoxy groups -OCH3 is 1. The number of rotatable bonds is 8. The summed E-state index contributed by atoms with van der Waals surface area (Å²) < 4.78 is 6.15. The molecule has 2 N–H and O–H groups in total. The standard InChI is InChI=1S/C26H32Cl2N4O4/c1-31-10-7-17(13-23(31)33)20-6-8-29-14-21(20)25(34)32(19-3-4-19)15-18-11-16(12-22(27)24(18)28)5-9-30-26(35)36-2/h7,10-13,19-21,29H,3-6,8-9,14-15H2,1-2H3,(H,30,35)/t20-,21?/m1/s1. The summed E-state index contributed by atoms with van der Waals surface area (Å²) in [5.41, 5.74) is 2.54. The molecule has 194 valence electrons. The number of pyridine rings is 1. The molecule has 0 spiro atoms. The summed E-state index contributed by atoms with van der Waals surface area (Å²) in [6, 6.07) is 7.50. The number of nitrogens with one attached hydrogen (secondary N) is 2. The molecule has 0 radical (unpaired) electrons. The molecule has 2 fully saturated rings. The second kappa shape index (κ2) is 11.7. The molecule has 36 heavy (non-hydrogen) atoms. The predicted octanol–water partition coefficient (Wildman–Crippen LogP) is 3.47. The highest BCUT2D eigenvalue weighted by molar-refractivity contribution is 6.42. The molecule has 4 rings (SSSR count). The second-order valence-electron chi connectivity index (χ2n) is 9.53. The molecule has 2 atom stereocenters. The van der Waals surface area contributed by atoms with Crippen molar-refractivity contribution < 1.29 is 14.3 Å². The Labute approximate surface area is 220 Å². The molecular formula is C26H32Cl2N4O4. The zero-order valence-electron chi connectivity index (χ0n) is 20.6. The fourth-order valence-corrected chi connectivity index (χ4v) is 5.26. The topological polar surface area (TPSA) is 92.7 Å². The summed E-state index contributed by atoms with van der Waals surface area (Å²) >= 11 is 13.0. The summed E-state index contributed by atoms with van der Waals surface area (Å²) in [4.78, 5) is 39.5. The maximum atomic E-state index is 13.9. The third-order valence-corrected chi connectivity index (χ3v) is 7.84. The third kappa shape index (κ3) is 6.22. The first-order chi connectivity index (χ1) is 17.3. The van der Waals surface area contributed by atoms with Crippen LogP contribution in [0.2, 0.25) is 10.0 Å². The van der Waals surface area contributed by atoms with Gasteiger partial charge >= 0.3 is 6.09 Å². The maximum absolute atomic E-state index is 13.9. The van der Waals surface area contributed by atoms with Gasteiger partial charge in [-0.25, -0.2) is 4.79 Å². The summed E-state index contributed by atoms with van der Waals surface area (Å²) in [5.74, 6) is -0.225. The quantitative estimate of drug-likeness (QED) is 0.540. The first kappa shape index (κ1) is 26.5. The zero-order valence-corrected chi connectivity index (χ0v) is 22.1. The van der Waals surface area contributed by atoms with Crippen molar-refractivity contribution in [3.8, 4) is 0 Å². The molecule has 0 bridgehead atoms. The molecule has 2 aromatic rings. The fraction of sp³-hybridized carbons (Fsp3) is 0.500. The van der Waals surface area contributed by atoms with E-state index < -0.39 is 6.09 Å². The second-order valence-corrected chi connectivity index (χ2v) is 10.3. The Morgan fingerprint density at radius 2 is 2.00 bits per heavy atom. The lowest BCUT2D eigenvalue weighted by atomic mass is 9.80. The van der Waals surface area contributed by atoms with E-state index in [4.69, 9.17) is 23.2 Å². The van der Waals surface area contributed by atoms with Gasteiger partial charge in [0.15, 0.2) is 0 Å². The average Bonchev–Trinajstić information content (AvgIpc) is 3.71. The van der Waals surface area contributed by atoms with Crippen LogP contribution in [0, 0.1) is 5.92 Å². The molecule has 1 unspecified atom stereocenters. The molecule has 1 saturated heterocycles. The van der Waals surface area contributed by atoms with E-state index in [2.05, 4.69) is 15.4 Å². The van der Waals surface area contributed by atoms with E-state index in [0.717, 1.165) is 42.5 Å². The van der Waals surface area contributed by atoms with E-state index >= 15 is 0 Å². The Kier molecular flexibility index (Phi) is 8.59. The molecular weight excluding hydrogens is 503 g/mol. The molecule has 10 heteroatoms. The smallest absolute Gasteiger partial charge is 0.406 e. The van der Waals surface area contributed by atoms with E-state index in [-0.39, 0.29) is 29.3 Å². The maximum Gasteiger partial charge on any atom is 0.406 e. The van der Waals surface area contributed by atoms with Crippen molar-refractivity contribution in [2.24, 2.45) is 13.0 Å². The lowest BCUT2D eigenvalue weighted by Gasteiger charge is -2.36. The van der Waals surface area contributed by atoms with E-state index in [9.17, 15) is 14.4 Å². The van der Waals surface area contributed by atoms with Gasteiger partial charge in [-0.2, -0.15) is 0 Å². The van der Waals surface area contributed by atoms with Gasteiger partial charge in [0.2, 0.25) is 5.91 Å². The first-order valence-electron chi connectivity index (χ1n) is 12.2. The Hall–Kier alpha value is -2.55. The van der Waals surface area contributed by atoms with Gasteiger partial charge in [-0.15, -0.1) is 0 Å². The van der Waals surface area contributed by atoms with Crippen molar-refractivity contribution in [2.45, 2.75) is 44.2 Å². The summed E-state index contributed by atoms with van der Waals surface area (Å²) in [5, 5.41) is 6.88. The third-order valence-electron chi connectivity index (χ3n) is 7.00. The number of carbonyl (C=O) groups is 2. The summed E-state index contributed by atoms with van der Waals surface area (Å²) in [7, 11) is 3.04. The normalized spacial score (nSPS) is 19.6. The number of aryl methyl sites for hydroxylation is 1. The van der Waals surface area contributed by atoms with Crippen LogP contribution in [0.5, 0.6) is 0 Å². The number of piperidine rings is 1. The van der Waals surface area contributed by atoms with Gasteiger partial charge in [-0.1, -0.05) is 29.3 Å². The van der Waals surface area contributed by atoms with Crippen molar-refractivity contribution >= 4 is 35.2 Å². The fourth-order valence-electron chi connectivity index (χ4n) is 4.83. The van der Waals surface area contributed by atoms with Crippen molar-refractivity contribution in [3.63, 3.8) is 0 Å². The van der Waals surface area contributed by atoms with Crippen molar-refractivity contribution in [1.29, 1.82) is 0 Å². The number of hydrogen-bond acceptors (Lipinski definition) is 5. The molecule has 1 aromatic heterocycles. The van der Waals surface area contributed by atoms with Gasteiger partial charge in [0.25, 0.3) is 5.56 Å². The van der Waals surface area contributed by atoms with Crippen LogP contribution in [-0.4, -0.2) is 54.3 Å². The lowest BCUT2D eigenvalue weighted by Crippen LogP contribution is -2.47. The Balaban J connectivity index is 1.55. The van der Waals surface area contributed by atoms with Gasteiger partial charge < -0.3 is 24.8 Å².